The van der Waals surface area contributed by atoms with Crippen LogP contribution in [0.2, 0.25) is 0 Å². The van der Waals surface area contributed by atoms with Crippen LogP contribution in [-0.4, -0.2) is 9.38 Å². The summed E-state index contributed by atoms with van der Waals surface area (Å²) in [5.41, 5.74) is 3.41. The Morgan fingerprint density at radius 2 is 2.11 bits per heavy atom. The van der Waals surface area contributed by atoms with Crippen LogP contribution in [0.1, 0.15) is 0 Å². The van der Waals surface area contributed by atoms with Crippen molar-refractivity contribution in [2.75, 3.05) is 0 Å². The van der Waals surface area contributed by atoms with E-state index in [4.69, 9.17) is 0 Å². The van der Waals surface area contributed by atoms with E-state index in [2.05, 4.69) is 57.5 Å². The van der Waals surface area contributed by atoms with Crippen LogP contribution in [-0.2, 0) is 0 Å². The molecule has 0 aliphatic carbocycles. The molecule has 0 saturated carbocycles. The monoisotopic (exact) mass is 249 g/mol. The maximum atomic E-state index is 4.48. The highest BCUT2D eigenvalue weighted by atomic mass is 32.1. The molecule has 0 amide bonds. The molecule has 0 N–H and O–H groups in total. The van der Waals surface area contributed by atoms with Gasteiger partial charge in [-0.15, -0.1) is 11.3 Å². The summed E-state index contributed by atoms with van der Waals surface area (Å²) >= 11 is 1.65. The van der Waals surface area contributed by atoms with E-state index in [9.17, 15) is 0 Å². The Kier molecular flexibility index (Phi) is 2.02. The summed E-state index contributed by atoms with van der Waals surface area (Å²) in [5.74, 6) is 0. The van der Waals surface area contributed by atoms with E-state index in [-0.39, 0.29) is 0 Å². The zero-order chi connectivity index (χ0) is 11.9. The predicted octanol–water partition coefficient (Wildman–Crippen LogP) is 4.02. The van der Waals surface area contributed by atoms with E-state index in [0.29, 0.717) is 0 Å². The summed E-state index contributed by atoms with van der Waals surface area (Å²) in [4.78, 5) is 5.53. The molecule has 4 aromatic rings. The van der Waals surface area contributed by atoms with Gasteiger partial charge in [0.05, 0.1) is 5.52 Å². The number of hydrogen-bond donors (Lipinski definition) is 0. The van der Waals surface area contributed by atoms with Crippen LogP contribution in [0.5, 0.6) is 0 Å². The van der Waals surface area contributed by atoms with Crippen molar-refractivity contribution in [2.24, 2.45) is 0 Å². The first kappa shape index (κ1) is 9.85. The van der Waals surface area contributed by atoms with Gasteiger partial charge in [0.1, 0.15) is 4.83 Å². The Bertz CT molecular complexity index is 842. The minimum absolute atomic E-state index is 1.04. The van der Waals surface area contributed by atoms with E-state index < -0.39 is 0 Å². The second-order valence-electron chi connectivity index (χ2n) is 4.16. The minimum Gasteiger partial charge on any atom is -0.323 e. The largest absolute Gasteiger partial charge is 0.323 e. The molecular weight excluding hydrogens is 240 g/mol. The normalized spacial score (nSPS) is 11.3. The Morgan fingerprint density at radius 1 is 1.11 bits per heavy atom. The molecule has 0 aliphatic heterocycles. The molecule has 4 rings (SSSR count). The lowest BCUT2D eigenvalue weighted by molar-refractivity contribution is 1.20. The lowest BCUT2D eigenvalue weighted by Crippen LogP contribution is -1.82. The minimum atomic E-state index is 1.04. The maximum Gasteiger partial charge on any atom is 0.123 e. The van der Waals surface area contributed by atoms with E-state index >= 15 is 0 Å². The fraction of sp³-hybridized carbons (Fsp3) is 0. The molecule has 0 fully saturated rings. The molecule has 0 saturated heterocycles. The molecule has 4 aromatic heterocycles. The molecule has 3 heteroatoms. The molecule has 0 aliphatic rings. The summed E-state index contributed by atoms with van der Waals surface area (Å²) in [6, 6.07) is 13.8. The van der Waals surface area contributed by atoms with Gasteiger partial charge in [0.25, 0.3) is 0 Å². The number of rotatable bonds is 1. The van der Waals surface area contributed by atoms with Gasteiger partial charge in [0.15, 0.2) is 0 Å². The van der Waals surface area contributed by atoms with Gasteiger partial charge in [-0.05, 0) is 29.6 Å². The fourth-order valence-corrected chi connectivity index (χ4v) is 2.91. The number of pyridine rings is 2. The first-order valence-corrected chi connectivity index (χ1v) is 6.61. The van der Waals surface area contributed by atoms with Crippen molar-refractivity contribution < 1.29 is 0 Å². The first-order chi connectivity index (χ1) is 8.92. The highest BCUT2D eigenvalue weighted by Crippen LogP contribution is 2.28. The highest BCUT2D eigenvalue weighted by molar-refractivity contribution is 7.16. The van der Waals surface area contributed by atoms with Crippen LogP contribution in [0, 0.1) is 6.07 Å². The molecule has 85 valence electrons. The van der Waals surface area contributed by atoms with Crippen LogP contribution < -0.4 is 0 Å². The third kappa shape index (κ3) is 1.38. The Hall–Kier alpha value is -2.13. The van der Waals surface area contributed by atoms with Gasteiger partial charge >= 0.3 is 0 Å². The van der Waals surface area contributed by atoms with Crippen LogP contribution in [0.4, 0.5) is 0 Å². The first-order valence-electron chi connectivity index (χ1n) is 5.73. The number of aromatic nitrogens is 2. The van der Waals surface area contributed by atoms with Gasteiger partial charge in [0, 0.05) is 41.2 Å². The van der Waals surface area contributed by atoms with Crippen molar-refractivity contribution in [1.82, 2.24) is 9.38 Å². The third-order valence-electron chi connectivity index (χ3n) is 3.08. The predicted molar refractivity (Wildman–Crippen MR) is 74.8 cm³/mol. The molecule has 0 atom stereocenters. The van der Waals surface area contributed by atoms with Gasteiger partial charge in [0.2, 0.25) is 0 Å². The molecule has 18 heavy (non-hydrogen) atoms. The van der Waals surface area contributed by atoms with Gasteiger partial charge < -0.3 is 4.40 Å². The third-order valence-corrected chi connectivity index (χ3v) is 3.90. The number of hydrogen-bond acceptors (Lipinski definition) is 2. The van der Waals surface area contributed by atoms with E-state index in [1.54, 1.807) is 11.3 Å². The SMILES string of the molecule is [c]1c(-c2ccn3ccccc23)cnc2sccc12. The van der Waals surface area contributed by atoms with Gasteiger partial charge in [-0.1, -0.05) is 6.07 Å². The van der Waals surface area contributed by atoms with Crippen LogP contribution in [0.25, 0.3) is 26.9 Å². The van der Waals surface area contributed by atoms with E-state index in [1.165, 1.54) is 11.1 Å². The number of thiophene rings is 1. The summed E-state index contributed by atoms with van der Waals surface area (Å²) in [5, 5.41) is 3.14. The smallest absolute Gasteiger partial charge is 0.123 e. The van der Waals surface area contributed by atoms with Crippen molar-refractivity contribution in [3.63, 3.8) is 0 Å². The molecule has 0 aromatic carbocycles. The molecule has 2 nitrogen and oxygen atoms in total. The van der Waals surface area contributed by atoms with Crippen LogP contribution in [0.15, 0.2) is 54.3 Å². The zero-order valence-corrected chi connectivity index (χ0v) is 10.3. The standard InChI is InChI=1S/C15H9N2S/c1-2-6-17-7-4-13(14(17)3-1)12-9-11-5-8-18-15(11)16-10-12/h1-8,10H. The zero-order valence-electron chi connectivity index (χ0n) is 9.50. The summed E-state index contributed by atoms with van der Waals surface area (Å²) in [6.07, 6.45) is 6.02. The molecule has 1 radical (unpaired) electrons. The number of fused-ring (bicyclic) bond motifs is 2. The second kappa shape index (κ2) is 3.68. The Morgan fingerprint density at radius 3 is 3.11 bits per heavy atom. The van der Waals surface area contributed by atoms with Gasteiger partial charge in [-0.2, -0.15) is 0 Å². The Balaban J connectivity index is 2.00. The fourth-order valence-electron chi connectivity index (χ4n) is 2.22. The quantitative estimate of drug-likeness (QED) is 0.498. The molecule has 0 unspecified atom stereocenters. The van der Waals surface area contributed by atoms with Crippen LogP contribution in [0.3, 0.4) is 0 Å². The van der Waals surface area contributed by atoms with Gasteiger partial charge in [-0.25, -0.2) is 4.98 Å². The van der Waals surface area contributed by atoms with E-state index in [0.717, 1.165) is 15.8 Å². The van der Waals surface area contributed by atoms with Crippen molar-refractivity contribution in [3.8, 4) is 11.1 Å². The second-order valence-corrected chi connectivity index (χ2v) is 5.05. The topological polar surface area (TPSA) is 17.3 Å². The molecular formula is C15H9N2S. The summed E-state index contributed by atoms with van der Waals surface area (Å²) in [6.45, 7) is 0. The summed E-state index contributed by atoms with van der Waals surface area (Å²) < 4.78 is 2.11. The maximum absolute atomic E-state index is 4.48. The molecule has 0 bridgehead atoms. The average molecular weight is 249 g/mol. The molecule has 0 spiro atoms. The van der Waals surface area contributed by atoms with Crippen molar-refractivity contribution in [1.29, 1.82) is 0 Å². The number of nitrogens with zero attached hydrogens (tertiary/aromatic N) is 2. The summed E-state index contributed by atoms with van der Waals surface area (Å²) in [7, 11) is 0. The highest BCUT2D eigenvalue weighted by Gasteiger charge is 2.06. The Labute approximate surface area is 108 Å². The lowest BCUT2D eigenvalue weighted by Gasteiger charge is -2.00. The van der Waals surface area contributed by atoms with E-state index in [1.807, 2.05) is 12.3 Å². The van der Waals surface area contributed by atoms with Crippen molar-refractivity contribution in [3.05, 3.63) is 60.4 Å². The average Bonchev–Trinajstić information content (AvgIpc) is 3.04. The lowest BCUT2D eigenvalue weighted by atomic mass is 10.1. The van der Waals surface area contributed by atoms with Crippen molar-refractivity contribution in [2.45, 2.75) is 0 Å². The van der Waals surface area contributed by atoms with Crippen molar-refractivity contribution >= 4 is 27.1 Å². The molecule has 4 heterocycles. The van der Waals surface area contributed by atoms with Gasteiger partial charge in [-0.3, -0.25) is 0 Å². The van der Waals surface area contributed by atoms with Crippen LogP contribution >= 0.6 is 11.3 Å².